The second kappa shape index (κ2) is 7.13. The number of aliphatic hydroxyl groups is 1. The fraction of sp³-hybridized carbons (Fsp3) is 0.684. The molecule has 1 aromatic heterocycles. The lowest BCUT2D eigenvalue weighted by atomic mass is 9.69. The Hall–Kier alpha value is -1.70. The van der Waals surface area contributed by atoms with Crippen LogP contribution in [0, 0.1) is 5.41 Å². The molecule has 0 bridgehead atoms. The maximum atomic E-state index is 12.9. The predicted octanol–water partition coefficient (Wildman–Crippen LogP) is 0.321. The Kier molecular flexibility index (Phi) is 5.23. The Morgan fingerprint density at radius 3 is 2.54 bits per heavy atom. The van der Waals surface area contributed by atoms with Crippen molar-refractivity contribution < 1.29 is 14.6 Å². The Morgan fingerprint density at radius 2 is 1.92 bits per heavy atom. The Bertz CT molecular complexity index is 724. The van der Waals surface area contributed by atoms with E-state index >= 15 is 0 Å². The van der Waals surface area contributed by atoms with Crippen LogP contribution in [0.3, 0.4) is 0 Å². The highest BCUT2D eigenvalue weighted by atomic mass is 16.5. The summed E-state index contributed by atoms with van der Waals surface area (Å²) in [6, 6.07) is 2.99. The maximum absolute atomic E-state index is 12.9. The number of amides is 1. The quantitative estimate of drug-likeness (QED) is 0.837. The summed E-state index contributed by atoms with van der Waals surface area (Å²) >= 11 is 0. The molecule has 1 aromatic rings. The minimum absolute atomic E-state index is 0.0953. The summed E-state index contributed by atoms with van der Waals surface area (Å²) in [5.41, 5.74) is -0.910. The molecule has 3 rings (SSSR count). The highest BCUT2D eigenvalue weighted by Crippen LogP contribution is 2.39. The Labute approximate surface area is 154 Å². The average Bonchev–Trinajstić information content (AvgIpc) is 2.60. The van der Waals surface area contributed by atoms with Crippen molar-refractivity contribution in [3.63, 3.8) is 0 Å². The number of β-amino-alcohol motifs (C(OH)–C–C–N with tert-alkyl or cyclic N) is 1. The predicted molar refractivity (Wildman–Crippen MR) is 98.2 cm³/mol. The van der Waals surface area contributed by atoms with Crippen LogP contribution in [0.5, 0.6) is 0 Å². The molecule has 7 heteroatoms. The van der Waals surface area contributed by atoms with Gasteiger partial charge >= 0.3 is 0 Å². The van der Waals surface area contributed by atoms with Crippen LogP contribution in [0.15, 0.2) is 23.1 Å². The molecule has 2 saturated heterocycles. The number of aromatic nitrogens is 1. The summed E-state index contributed by atoms with van der Waals surface area (Å²) in [5, 5.41) is 11.3. The van der Waals surface area contributed by atoms with Crippen molar-refractivity contribution in [3.05, 3.63) is 34.2 Å². The van der Waals surface area contributed by atoms with E-state index < -0.39 is 11.0 Å². The van der Waals surface area contributed by atoms with Gasteiger partial charge in [-0.25, -0.2) is 0 Å². The number of nitrogens with zero attached hydrogens (tertiary/aromatic N) is 3. The van der Waals surface area contributed by atoms with Crippen molar-refractivity contribution in [2.45, 2.75) is 25.9 Å². The summed E-state index contributed by atoms with van der Waals surface area (Å²) in [6.07, 6.45) is 2.11. The summed E-state index contributed by atoms with van der Waals surface area (Å²) in [7, 11) is 1.64. The molecule has 7 nitrogen and oxygen atoms in total. The van der Waals surface area contributed by atoms with E-state index in [1.807, 2.05) is 13.8 Å². The number of hydrogen-bond acceptors (Lipinski definition) is 5. The third-order valence-electron chi connectivity index (χ3n) is 5.85. The first-order valence-electron chi connectivity index (χ1n) is 9.20. The van der Waals surface area contributed by atoms with Crippen LogP contribution in [-0.2, 0) is 11.8 Å². The number of piperidine rings is 1. The van der Waals surface area contributed by atoms with E-state index in [0.717, 1.165) is 13.1 Å². The van der Waals surface area contributed by atoms with Gasteiger partial charge in [0.1, 0.15) is 0 Å². The van der Waals surface area contributed by atoms with Gasteiger partial charge in [-0.05, 0) is 12.5 Å². The van der Waals surface area contributed by atoms with Gasteiger partial charge < -0.3 is 19.3 Å². The van der Waals surface area contributed by atoms with Gasteiger partial charge in [0.05, 0.1) is 24.4 Å². The molecular formula is C19H29N3O4. The van der Waals surface area contributed by atoms with Gasteiger partial charge in [-0.3, -0.25) is 14.5 Å². The lowest BCUT2D eigenvalue weighted by molar-refractivity contribution is -0.133. The SMILES string of the molecule is Cn1cc(C(=O)N2CC[C@@](O)(CN3CCOCC3)C(C)(C)C2)ccc1=O. The van der Waals surface area contributed by atoms with Gasteiger partial charge in [-0.15, -0.1) is 0 Å². The first kappa shape index (κ1) is 19.1. The second-order valence-corrected chi connectivity index (χ2v) is 8.15. The number of likely N-dealkylation sites (tertiary alicyclic amines) is 1. The third kappa shape index (κ3) is 3.70. The largest absolute Gasteiger partial charge is 0.388 e. The van der Waals surface area contributed by atoms with Crippen molar-refractivity contribution >= 4 is 5.91 Å². The molecule has 0 radical (unpaired) electrons. The molecule has 0 unspecified atom stereocenters. The number of ether oxygens (including phenoxy) is 1. The standard InChI is InChI=1S/C19H29N3O4/c1-18(2)13-22(17(24)15-4-5-16(23)20(3)12-15)7-6-19(18,25)14-21-8-10-26-11-9-21/h4-5,12,25H,6-11,13-14H2,1-3H3/t19-/m1/s1. The van der Waals surface area contributed by atoms with Gasteiger partial charge in [0, 0.05) is 57.4 Å². The number of pyridine rings is 1. The van der Waals surface area contributed by atoms with E-state index in [1.165, 1.54) is 10.6 Å². The first-order chi connectivity index (χ1) is 12.2. The van der Waals surface area contributed by atoms with E-state index in [9.17, 15) is 14.7 Å². The summed E-state index contributed by atoms with van der Waals surface area (Å²) in [4.78, 5) is 28.4. The highest BCUT2D eigenvalue weighted by molar-refractivity contribution is 5.94. The normalized spacial score (nSPS) is 26.7. The number of aryl methyl sites for hydroxylation is 1. The van der Waals surface area contributed by atoms with E-state index in [1.54, 1.807) is 24.2 Å². The maximum Gasteiger partial charge on any atom is 0.255 e. The van der Waals surface area contributed by atoms with E-state index in [2.05, 4.69) is 4.90 Å². The van der Waals surface area contributed by atoms with Gasteiger partial charge in [0.15, 0.2) is 0 Å². The minimum atomic E-state index is -0.843. The van der Waals surface area contributed by atoms with Crippen molar-refractivity contribution in [1.29, 1.82) is 0 Å². The molecule has 26 heavy (non-hydrogen) atoms. The number of morpholine rings is 1. The topological polar surface area (TPSA) is 75.0 Å². The highest BCUT2D eigenvalue weighted by Gasteiger charge is 2.49. The van der Waals surface area contributed by atoms with E-state index in [0.29, 0.717) is 44.8 Å². The summed E-state index contributed by atoms with van der Waals surface area (Å²) in [5.74, 6) is -0.0953. The number of hydrogen-bond donors (Lipinski definition) is 1. The summed E-state index contributed by atoms with van der Waals surface area (Å²) in [6.45, 7) is 8.70. The van der Waals surface area contributed by atoms with Crippen LogP contribution in [-0.4, -0.2) is 76.9 Å². The van der Waals surface area contributed by atoms with Crippen LogP contribution in [0.2, 0.25) is 0 Å². The Morgan fingerprint density at radius 1 is 1.23 bits per heavy atom. The molecule has 0 aliphatic carbocycles. The van der Waals surface area contributed by atoms with Crippen LogP contribution in [0.4, 0.5) is 0 Å². The zero-order valence-corrected chi connectivity index (χ0v) is 15.9. The monoisotopic (exact) mass is 363 g/mol. The molecule has 0 saturated carbocycles. The fourth-order valence-corrected chi connectivity index (χ4v) is 3.86. The van der Waals surface area contributed by atoms with Gasteiger partial charge in [0.25, 0.3) is 5.91 Å². The molecule has 2 aliphatic rings. The third-order valence-corrected chi connectivity index (χ3v) is 5.85. The minimum Gasteiger partial charge on any atom is -0.388 e. The molecule has 0 aromatic carbocycles. The molecule has 0 spiro atoms. The van der Waals surface area contributed by atoms with Crippen molar-refractivity contribution in [3.8, 4) is 0 Å². The van der Waals surface area contributed by atoms with Crippen molar-refractivity contribution in [1.82, 2.24) is 14.4 Å². The van der Waals surface area contributed by atoms with E-state index in [-0.39, 0.29) is 11.5 Å². The van der Waals surface area contributed by atoms with Crippen LogP contribution >= 0.6 is 0 Å². The lowest BCUT2D eigenvalue weighted by Crippen LogP contribution is -2.63. The molecule has 3 heterocycles. The van der Waals surface area contributed by atoms with Crippen LogP contribution in [0.25, 0.3) is 0 Å². The molecule has 2 fully saturated rings. The molecular weight excluding hydrogens is 334 g/mol. The van der Waals surface area contributed by atoms with E-state index in [4.69, 9.17) is 4.74 Å². The smallest absolute Gasteiger partial charge is 0.255 e. The average molecular weight is 363 g/mol. The molecule has 1 atom stereocenters. The van der Waals surface area contributed by atoms with Crippen LogP contribution < -0.4 is 5.56 Å². The number of carbonyl (C=O) groups excluding carboxylic acids is 1. The van der Waals surface area contributed by atoms with Gasteiger partial charge in [-0.2, -0.15) is 0 Å². The summed E-state index contributed by atoms with van der Waals surface area (Å²) < 4.78 is 6.80. The molecule has 2 aliphatic heterocycles. The zero-order valence-electron chi connectivity index (χ0n) is 15.9. The van der Waals surface area contributed by atoms with Crippen molar-refractivity contribution in [2.75, 3.05) is 45.9 Å². The Balaban J connectivity index is 1.71. The number of carbonyl (C=O) groups is 1. The number of rotatable bonds is 3. The first-order valence-corrected chi connectivity index (χ1v) is 9.20. The van der Waals surface area contributed by atoms with Crippen molar-refractivity contribution in [2.24, 2.45) is 12.5 Å². The van der Waals surface area contributed by atoms with Gasteiger partial charge in [0.2, 0.25) is 5.56 Å². The fourth-order valence-electron chi connectivity index (χ4n) is 3.86. The van der Waals surface area contributed by atoms with Crippen LogP contribution in [0.1, 0.15) is 30.6 Å². The zero-order chi connectivity index (χ0) is 18.9. The van der Waals surface area contributed by atoms with Gasteiger partial charge in [-0.1, -0.05) is 13.8 Å². The lowest BCUT2D eigenvalue weighted by Gasteiger charge is -2.52. The molecule has 144 valence electrons. The second-order valence-electron chi connectivity index (χ2n) is 8.15. The molecule has 1 amide bonds. The molecule has 1 N–H and O–H groups in total.